The van der Waals surface area contributed by atoms with Crippen LogP contribution in [-0.2, 0) is 17.3 Å². The van der Waals surface area contributed by atoms with E-state index >= 15 is 0 Å². The van der Waals surface area contributed by atoms with Crippen LogP contribution in [0.2, 0.25) is 0 Å². The molecule has 0 aliphatic rings. The Hall–Kier alpha value is -0.810. The fraction of sp³-hybridized carbons (Fsp3) is 0.333. The summed E-state index contributed by atoms with van der Waals surface area (Å²) in [6.45, 7) is 0.354. The SMILES string of the molecule is C[S@](=O)c1nccc(CN)n1. The van der Waals surface area contributed by atoms with Crippen LogP contribution in [0.3, 0.4) is 0 Å². The maximum absolute atomic E-state index is 10.9. The van der Waals surface area contributed by atoms with Crippen molar-refractivity contribution >= 4 is 10.8 Å². The molecule has 0 fully saturated rings. The highest BCUT2D eigenvalue weighted by molar-refractivity contribution is 7.84. The van der Waals surface area contributed by atoms with E-state index in [0.717, 1.165) is 0 Å². The van der Waals surface area contributed by atoms with Gasteiger partial charge in [0.2, 0.25) is 5.16 Å². The van der Waals surface area contributed by atoms with Gasteiger partial charge in [0.05, 0.1) is 16.5 Å². The first kappa shape index (κ1) is 8.29. The molecular formula is C6H9N3OS. The largest absolute Gasteiger partial charge is 0.325 e. The van der Waals surface area contributed by atoms with E-state index in [1.54, 1.807) is 12.3 Å². The summed E-state index contributed by atoms with van der Waals surface area (Å²) in [5.41, 5.74) is 6.04. The minimum Gasteiger partial charge on any atom is -0.325 e. The van der Waals surface area contributed by atoms with E-state index in [-0.39, 0.29) is 0 Å². The minimum absolute atomic E-state index is 0.341. The van der Waals surface area contributed by atoms with Crippen LogP contribution in [0.15, 0.2) is 17.4 Å². The van der Waals surface area contributed by atoms with Gasteiger partial charge in [0.1, 0.15) is 0 Å². The zero-order chi connectivity index (χ0) is 8.27. The van der Waals surface area contributed by atoms with Gasteiger partial charge in [-0.05, 0) is 6.07 Å². The molecule has 0 amide bonds. The predicted octanol–water partition coefficient (Wildman–Crippen LogP) is -0.327. The molecule has 1 aromatic rings. The molecule has 2 N–H and O–H groups in total. The van der Waals surface area contributed by atoms with Gasteiger partial charge >= 0.3 is 0 Å². The van der Waals surface area contributed by atoms with Gasteiger partial charge in [0.25, 0.3) is 0 Å². The first-order valence-corrected chi connectivity index (χ1v) is 4.65. The quantitative estimate of drug-likeness (QED) is 0.619. The summed E-state index contributed by atoms with van der Waals surface area (Å²) in [6, 6.07) is 1.70. The fourth-order valence-electron chi connectivity index (χ4n) is 0.628. The normalized spacial score (nSPS) is 12.9. The van der Waals surface area contributed by atoms with Gasteiger partial charge in [-0.3, -0.25) is 4.21 Å². The zero-order valence-electron chi connectivity index (χ0n) is 6.15. The van der Waals surface area contributed by atoms with Crippen molar-refractivity contribution in [1.82, 2.24) is 9.97 Å². The average Bonchev–Trinajstić information content (AvgIpc) is 2.05. The fourth-order valence-corrected chi connectivity index (χ4v) is 1.08. The van der Waals surface area contributed by atoms with Gasteiger partial charge in [-0.15, -0.1) is 0 Å². The van der Waals surface area contributed by atoms with Gasteiger partial charge < -0.3 is 5.73 Å². The first-order valence-electron chi connectivity index (χ1n) is 3.09. The van der Waals surface area contributed by atoms with Crippen molar-refractivity contribution in [3.63, 3.8) is 0 Å². The molecule has 0 saturated heterocycles. The van der Waals surface area contributed by atoms with E-state index in [4.69, 9.17) is 5.73 Å². The second-order valence-corrected chi connectivity index (χ2v) is 3.26. The van der Waals surface area contributed by atoms with Crippen LogP contribution in [0.4, 0.5) is 0 Å². The van der Waals surface area contributed by atoms with Crippen LogP contribution in [0.5, 0.6) is 0 Å². The Labute approximate surface area is 67.3 Å². The Morgan fingerprint density at radius 1 is 1.73 bits per heavy atom. The highest BCUT2D eigenvalue weighted by Crippen LogP contribution is 1.97. The second-order valence-electron chi connectivity index (χ2n) is 1.99. The van der Waals surface area contributed by atoms with Crippen LogP contribution < -0.4 is 5.73 Å². The Balaban J connectivity index is 3.01. The Bertz CT molecular complexity index is 276. The molecule has 0 aromatic carbocycles. The van der Waals surface area contributed by atoms with Crippen molar-refractivity contribution < 1.29 is 4.21 Å². The van der Waals surface area contributed by atoms with E-state index < -0.39 is 10.8 Å². The number of hydrogen-bond acceptors (Lipinski definition) is 4. The van der Waals surface area contributed by atoms with E-state index in [9.17, 15) is 4.21 Å². The number of aromatic nitrogens is 2. The summed E-state index contributed by atoms with van der Waals surface area (Å²) in [6.07, 6.45) is 3.10. The van der Waals surface area contributed by atoms with E-state index in [0.29, 0.717) is 17.4 Å². The number of nitrogens with zero attached hydrogens (tertiary/aromatic N) is 2. The standard InChI is InChI=1S/C6H9N3OS/c1-11(10)6-8-3-2-5(4-7)9-6/h2-3H,4,7H2,1H3/t11-/m0/s1. The monoisotopic (exact) mass is 171 g/mol. The molecule has 1 atom stereocenters. The van der Waals surface area contributed by atoms with Gasteiger partial charge in [-0.25, -0.2) is 9.97 Å². The number of hydrogen-bond donors (Lipinski definition) is 1. The lowest BCUT2D eigenvalue weighted by Gasteiger charge is -1.96. The van der Waals surface area contributed by atoms with Crippen LogP contribution in [0.1, 0.15) is 5.69 Å². The average molecular weight is 171 g/mol. The van der Waals surface area contributed by atoms with Gasteiger partial charge in [0.15, 0.2) is 0 Å². The van der Waals surface area contributed by atoms with Crippen molar-refractivity contribution in [3.8, 4) is 0 Å². The topological polar surface area (TPSA) is 68.9 Å². The van der Waals surface area contributed by atoms with Crippen molar-refractivity contribution in [3.05, 3.63) is 18.0 Å². The predicted molar refractivity (Wildman–Crippen MR) is 42.3 cm³/mol. The molecule has 11 heavy (non-hydrogen) atoms. The van der Waals surface area contributed by atoms with Gasteiger partial charge in [0, 0.05) is 19.0 Å². The minimum atomic E-state index is -1.12. The van der Waals surface area contributed by atoms with Crippen LogP contribution in [0, 0.1) is 0 Å². The smallest absolute Gasteiger partial charge is 0.218 e. The molecular weight excluding hydrogens is 162 g/mol. The molecule has 1 rings (SSSR count). The molecule has 0 aliphatic heterocycles. The molecule has 0 bridgehead atoms. The van der Waals surface area contributed by atoms with Gasteiger partial charge in [-0.1, -0.05) is 0 Å². The van der Waals surface area contributed by atoms with Crippen LogP contribution >= 0.6 is 0 Å². The summed E-state index contributed by atoms with van der Waals surface area (Å²) >= 11 is 0. The molecule has 4 nitrogen and oxygen atoms in total. The number of rotatable bonds is 2. The third-order valence-electron chi connectivity index (χ3n) is 1.16. The lowest BCUT2D eigenvalue weighted by Crippen LogP contribution is -2.04. The molecule has 0 aliphatic carbocycles. The Morgan fingerprint density at radius 2 is 2.45 bits per heavy atom. The molecule has 0 spiro atoms. The van der Waals surface area contributed by atoms with Crippen molar-refractivity contribution in [2.24, 2.45) is 5.73 Å². The molecule has 1 aromatic heterocycles. The van der Waals surface area contributed by atoms with E-state index in [2.05, 4.69) is 9.97 Å². The summed E-state index contributed by atoms with van der Waals surface area (Å²) in [4.78, 5) is 7.77. The summed E-state index contributed by atoms with van der Waals surface area (Å²) < 4.78 is 10.9. The van der Waals surface area contributed by atoms with Crippen molar-refractivity contribution in [1.29, 1.82) is 0 Å². The summed E-state index contributed by atoms with van der Waals surface area (Å²) in [5.74, 6) is 0. The van der Waals surface area contributed by atoms with E-state index in [1.807, 2.05) is 0 Å². The molecule has 1 heterocycles. The molecule has 0 saturated carbocycles. The Kier molecular flexibility index (Phi) is 2.67. The molecule has 0 unspecified atom stereocenters. The highest BCUT2D eigenvalue weighted by atomic mass is 32.2. The third kappa shape index (κ3) is 2.06. The van der Waals surface area contributed by atoms with E-state index in [1.165, 1.54) is 6.26 Å². The van der Waals surface area contributed by atoms with Crippen LogP contribution in [-0.4, -0.2) is 20.4 Å². The highest BCUT2D eigenvalue weighted by Gasteiger charge is 2.00. The second kappa shape index (κ2) is 3.54. The zero-order valence-corrected chi connectivity index (χ0v) is 6.97. The third-order valence-corrected chi connectivity index (χ3v) is 1.87. The van der Waals surface area contributed by atoms with Crippen LogP contribution in [0.25, 0.3) is 0 Å². The van der Waals surface area contributed by atoms with Gasteiger partial charge in [-0.2, -0.15) is 0 Å². The maximum Gasteiger partial charge on any atom is 0.218 e. The van der Waals surface area contributed by atoms with Crippen molar-refractivity contribution in [2.45, 2.75) is 11.7 Å². The first-order chi connectivity index (χ1) is 5.24. The molecule has 0 radical (unpaired) electrons. The lowest BCUT2D eigenvalue weighted by molar-refractivity contribution is 0.678. The summed E-state index contributed by atoms with van der Waals surface area (Å²) in [7, 11) is -1.12. The summed E-state index contributed by atoms with van der Waals surface area (Å²) in [5, 5.41) is 0.341. The maximum atomic E-state index is 10.9. The Morgan fingerprint density at radius 3 is 3.00 bits per heavy atom. The molecule has 5 heteroatoms. The molecule has 60 valence electrons. The number of nitrogens with two attached hydrogens (primary N) is 1. The lowest BCUT2D eigenvalue weighted by atomic mass is 10.4. The van der Waals surface area contributed by atoms with Crippen molar-refractivity contribution in [2.75, 3.05) is 6.26 Å².